The predicted molar refractivity (Wildman–Crippen MR) is 54.2 cm³/mol. The maximum atomic E-state index is 11.3. The van der Waals surface area contributed by atoms with Crippen molar-refractivity contribution in [1.29, 1.82) is 0 Å². The van der Waals surface area contributed by atoms with E-state index in [0.29, 0.717) is 13.0 Å². The molecule has 16 heavy (non-hydrogen) atoms. The number of amides is 2. The van der Waals surface area contributed by atoms with E-state index >= 15 is 0 Å². The van der Waals surface area contributed by atoms with Crippen molar-refractivity contribution >= 4 is 17.8 Å². The van der Waals surface area contributed by atoms with Crippen molar-refractivity contribution in [3.63, 3.8) is 0 Å². The van der Waals surface area contributed by atoms with Gasteiger partial charge in [0, 0.05) is 6.92 Å². The van der Waals surface area contributed by atoms with E-state index in [0.717, 1.165) is 6.42 Å². The minimum atomic E-state index is -0.912. The van der Waals surface area contributed by atoms with Gasteiger partial charge in [0.25, 0.3) is 5.91 Å². The fraction of sp³-hybridized carbons (Fsp3) is 0.667. The largest absolute Gasteiger partial charge is 0.480 e. The number of hydrazine groups is 1. The third-order valence-corrected chi connectivity index (χ3v) is 2.37. The molecule has 0 aromatic heterocycles. The second-order valence-corrected chi connectivity index (χ2v) is 3.70. The Hall–Kier alpha value is -1.63. The fourth-order valence-corrected chi connectivity index (χ4v) is 1.68. The first-order valence-corrected chi connectivity index (χ1v) is 5.03. The third kappa shape index (κ3) is 3.50. The summed E-state index contributed by atoms with van der Waals surface area (Å²) in [5.41, 5.74) is 4.35. The molecule has 7 nitrogen and oxygen atoms in total. The van der Waals surface area contributed by atoms with Gasteiger partial charge in [-0.3, -0.25) is 30.1 Å². The number of hydrogen-bond donors (Lipinski definition) is 3. The smallest absolute Gasteiger partial charge is 0.320 e. The summed E-state index contributed by atoms with van der Waals surface area (Å²) >= 11 is 0. The maximum Gasteiger partial charge on any atom is 0.320 e. The van der Waals surface area contributed by atoms with Gasteiger partial charge in [0.1, 0.15) is 6.04 Å². The van der Waals surface area contributed by atoms with Crippen LogP contribution in [0.25, 0.3) is 0 Å². The van der Waals surface area contributed by atoms with Gasteiger partial charge in [0.15, 0.2) is 0 Å². The molecule has 0 bridgehead atoms. The van der Waals surface area contributed by atoms with E-state index in [1.54, 1.807) is 4.90 Å². The number of aliphatic carboxylic acids is 1. The van der Waals surface area contributed by atoms with Crippen LogP contribution in [0.1, 0.15) is 19.8 Å². The van der Waals surface area contributed by atoms with Crippen LogP contribution in [0.2, 0.25) is 0 Å². The van der Waals surface area contributed by atoms with Crippen LogP contribution in [0.4, 0.5) is 0 Å². The molecule has 0 radical (unpaired) electrons. The zero-order valence-corrected chi connectivity index (χ0v) is 9.02. The highest BCUT2D eigenvalue weighted by atomic mass is 16.4. The van der Waals surface area contributed by atoms with Gasteiger partial charge in [-0.1, -0.05) is 0 Å². The van der Waals surface area contributed by atoms with Crippen molar-refractivity contribution in [2.24, 2.45) is 0 Å². The molecule has 90 valence electrons. The molecule has 0 spiro atoms. The van der Waals surface area contributed by atoms with Gasteiger partial charge in [-0.2, -0.15) is 0 Å². The Balaban J connectivity index is 2.38. The lowest BCUT2D eigenvalue weighted by atomic mass is 10.2. The predicted octanol–water partition coefficient (Wildman–Crippen LogP) is -1.30. The fourth-order valence-electron chi connectivity index (χ4n) is 1.68. The molecule has 1 aliphatic heterocycles. The van der Waals surface area contributed by atoms with Crippen molar-refractivity contribution in [3.8, 4) is 0 Å². The Bertz CT molecular complexity index is 305. The van der Waals surface area contributed by atoms with Crippen LogP contribution in [0, 0.1) is 0 Å². The van der Waals surface area contributed by atoms with E-state index in [1.807, 2.05) is 0 Å². The van der Waals surface area contributed by atoms with Crippen LogP contribution in [0.3, 0.4) is 0 Å². The van der Waals surface area contributed by atoms with Gasteiger partial charge in [0.2, 0.25) is 5.91 Å². The lowest BCUT2D eigenvalue weighted by Crippen LogP contribution is -2.48. The van der Waals surface area contributed by atoms with Gasteiger partial charge in [0.05, 0.1) is 6.54 Å². The van der Waals surface area contributed by atoms with E-state index in [4.69, 9.17) is 5.11 Å². The molecular formula is C9H15N3O4. The Labute approximate surface area is 92.8 Å². The first kappa shape index (κ1) is 12.4. The van der Waals surface area contributed by atoms with Crippen LogP contribution in [0.15, 0.2) is 0 Å². The summed E-state index contributed by atoms with van der Waals surface area (Å²) in [6.45, 7) is 1.85. The van der Waals surface area contributed by atoms with Gasteiger partial charge < -0.3 is 5.11 Å². The molecular weight excluding hydrogens is 214 g/mol. The summed E-state index contributed by atoms with van der Waals surface area (Å²) in [7, 11) is 0. The summed E-state index contributed by atoms with van der Waals surface area (Å²) < 4.78 is 0. The summed E-state index contributed by atoms with van der Waals surface area (Å²) in [5.74, 6) is -1.70. The molecule has 0 saturated carbocycles. The lowest BCUT2D eigenvalue weighted by molar-refractivity contribution is -0.142. The summed E-state index contributed by atoms with van der Waals surface area (Å²) in [6, 6.07) is -0.594. The van der Waals surface area contributed by atoms with Gasteiger partial charge in [-0.15, -0.1) is 0 Å². The second kappa shape index (κ2) is 5.45. The zero-order valence-electron chi connectivity index (χ0n) is 9.02. The van der Waals surface area contributed by atoms with Crippen LogP contribution in [-0.2, 0) is 14.4 Å². The number of hydrogen-bond acceptors (Lipinski definition) is 4. The van der Waals surface area contributed by atoms with Crippen LogP contribution >= 0.6 is 0 Å². The Morgan fingerprint density at radius 1 is 1.38 bits per heavy atom. The first-order chi connectivity index (χ1) is 7.50. The maximum absolute atomic E-state index is 11.3. The molecule has 0 aromatic carbocycles. The Morgan fingerprint density at radius 3 is 2.62 bits per heavy atom. The van der Waals surface area contributed by atoms with E-state index in [9.17, 15) is 14.4 Å². The minimum absolute atomic E-state index is 0.0166. The van der Waals surface area contributed by atoms with Crippen molar-refractivity contribution < 1.29 is 19.5 Å². The summed E-state index contributed by atoms with van der Waals surface area (Å²) in [6.07, 6.45) is 1.33. The molecule has 0 aromatic rings. The molecule has 2 amide bonds. The molecule has 1 unspecified atom stereocenters. The minimum Gasteiger partial charge on any atom is -0.480 e. The highest BCUT2D eigenvalue weighted by Crippen LogP contribution is 2.16. The third-order valence-electron chi connectivity index (χ3n) is 2.37. The molecule has 1 fully saturated rings. The topological polar surface area (TPSA) is 98.7 Å². The number of carboxylic acid groups (broad SMARTS) is 1. The lowest BCUT2D eigenvalue weighted by Gasteiger charge is -2.20. The Kier molecular flexibility index (Phi) is 4.24. The number of carbonyl (C=O) groups excluding carboxylic acids is 2. The van der Waals surface area contributed by atoms with Gasteiger partial charge in [-0.25, -0.2) is 0 Å². The first-order valence-electron chi connectivity index (χ1n) is 5.03. The van der Waals surface area contributed by atoms with E-state index in [-0.39, 0.29) is 12.5 Å². The van der Waals surface area contributed by atoms with Crippen LogP contribution in [0.5, 0.6) is 0 Å². The highest BCUT2D eigenvalue weighted by molar-refractivity contribution is 5.83. The molecule has 1 rings (SSSR count). The van der Waals surface area contributed by atoms with Crippen molar-refractivity contribution in [2.75, 3.05) is 13.1 Å². The highest BCUT2D eigenvalue weighted by Gasteiger charge is 2.31. The van der Waals surface area contributed by atoms with Crippen molar-refractivity contribution in [3.05, 3.63) is 0 Å². The number of nitrogens with zero attached hydrogens (tertiary/aromatic N) is 1. The molecule has 1 aliphatic rings. The van der Waals surface area contributed by atoms with E-state index in [1.165, 1.54) is 6.92 Å². The number of carboxylic acids is 1. The zero-order chi connectivity index (χ0) is 12.1. The Morgan fingerprint density at radius 2 is 2.06 bits per heavy atom. The molecule has 1 saturated heterocycles. The van der Waals surface area contributed by atoms with E-state index in [2.05, 4.69) is 10.9 Å². The number of nitrogens with one attached hydrogen (secondary N) is 2. The SMILES string of the molecule is CC(=O)NNC(=O)CN1CCCC1C(=O)O. The molecule has 1 atom stereocenters. The number of carbonyl (C=O) groups is 3. The van der Waals surface area contributed by atoms with Crippen molar-refractivity contribution in [2.45, 2.75) is 25.8 Å². The molecule has 0 aliphatic carbocycles. The average molecular weight is 229 g/mol. The summed E-state index contributed by atoms with van der Waals surface area (Å²) in [4.78, 5) is 34.2. The van der Waals surface area contributed by atoms with Gasteiger partial charge in [-0.05, 0) is 19.4 Å². The molecule has 7 heteroatoms. The normalized spacial score (nSPS) is 20.4. The second-order valence-electron chi connectivity index (χ2n) is 3.70. The van der Waals surface area contributed by atoms with Crippen LogP contribution in [-0.4, -0.2) is 46.9 Å². The standard InChI is InChI=1S/C9H15N3O4/c1-6(13)10-11-8(14)5-12-4-2-3-7(12)9(15)16/h7H,2-5H2,1H3,(H,10,13)(H,11,14)(H,15,16). The number of likely N-dealkylation sites (tertiary alicyclic amines) is 1. The van der Waals surface area contributed by atoms with Gasteiger partial charge >= 0.3 is 5.97 Å². The quantitative estimate of drug-likeness (QED) is 0.523. The average Bonchev–Trinajstić information content (AvgIpc) is 2.62. The molecule has 3 N–H and O–H groups in total. The molecule has 1 heterocycles. The van der Waals surface area contributed by atoms with Crippen LogP contribution < -0.4 is 10.9 Å². The summed E-state index contributed by atoms with van der Waals surface area (Å²) in [5, 5.41) is 8.87. The van der Waals surface area contributed by atoms with Crippen molar-refractivity contribution in [1.82, 2.24) is 15.8 Å². The van der Waals surface area contributed by atoms with E-state index < -0.39 is 17.9 Å². The monoisotopic (exact) mass is 229 g/mol. The number of rotatable bonds is 3.